The van der Waals surface area contributed by atoms with Crippen molar-refractivity contribution in [2.24, 2.45) is 0 Å². The predicted octanol–water partition coefficient (Wildman–Crippen LogP) is 3.61. The van der Waals surface area contributed by atoms with Gasteiger partial charge in [-0.25, -0.2) is 4.79 Å². The van der Waals surface area contributed by atoms with Crippen LogP contribution in [0.5, 0.6) is 5.75 Å². The van der Waals surface area contributed by atoms with Gasteiger partial charge in [-0.1, -0.05) is 0 Å². The van der Waals surface area contributed by atoms with Crippen molar-refractivity contribution in [1.82, 2.24) is 0 Å². The normalized spacial score (nSPS) is 12.2. The summed E-state index contributed by atoms with van der Waals surface area (Å²) in [5.41, 5.74) is 2.01. The van der Waals surface area contributed by atoms with E-state index >= 15 is 0 Å². The maximum absolute atomic E-state index is 13.0. The lowest BCUT2D eigenvalue weighted by molar-refractivity contribution is -0.147. The van der Waals surface area contributed by atoms with Gasteiger partial charge in [0, 0.05) is 0 Å². The number of carbonyl (C=O) groups excluding carboxylic acids is 1. The third-order valence-electron chi connectivity index (χ3n) is 4.04. The topological polar surface area (TPSA) is 78.9 Å². The SMILES string of the molecule is COC(=O)[C@@H](C)Oc1c(-c2ccco2)oc2cc(C)c(C)cc2c1=O. The molecule has 0 radical (unpaired) electrons. The van der Waals surface area contributed by atoms with E-state index in [-0.39, 0.29) is 16.9 Å². The van der Waals surface area contributed by atoms with E-state index in [1.165, 1.54) is 20.3 Å². The van der Waals surface area contributed by atoms with E-state index in [1.807, 2.05) is 13.8 Å². The van der Waals surface area contributed by atoms with Gasteiger partial charge in [0.1, 0.15) is 5.58 Å². The number of furan rings is 1. The van der Waals surface area contributed by atoms with Crippen LogP contribution in [0.15, 0.2) is 44.2 Å². The highest BCUT2D eigenvalue weighted by Gasteiger charge is 2.24. The van der Waals surface area contributed by atoms with Crippen molar-refractivity contribution in [1.29, 1.82) is 0 Å². The van der Waals surface area contributed by atoms with Crippen LogP contribution in [0.4, 0.5) is 0 Å². The summed E-state index contributed by atoms with van der Waals surface area (Å²) in [6.45, 7) is 5.35. The van der Waals surface area contributed by atoms with Gasteiger partial charge in [-0.05, 0) is 56.2 Å². The Kier molecular flexibility index (Phi) is 4.35. The van der Waals surface area contributed by atoms with Gasteiger partial charge in [-0.2, -0.15) is 0 Å². The van der Waals surface area contributed by atoms with Crippen LogP contribution in [0.3, 0.4) is 0 Å². The zero-order chi connectivity index (χ0) is 18.1. The van der Waals surface area contributed by atoms with Crippen molar-refractivity contribution in [3.05, 3.63) is 51.9 Å². The van der Waals surface area contributed by atoms with Crippen molar-refractivity contribution >= 4 is 16.9 Å². The molecule has 130 valence electrons. The summed E-state index contributed by atoms with van der Waals surface area (Å²) in [5, 5.41) is 0.380. The number of rotatable bonds is 4. The fraction of sp³-hybridized carbons (Fsp3) is 0.263. The first-order valence-corrected chi connectivity index (χ1v) is 7.78. The number of ether oxygens (including phenoxy) is 2. The molecule has 0 bridgehead atoms. The molecule has 0 aliphatic rings. The Balaban J connectivity index is 2.26. The Labute approximate surface area is 144 Å². The zero-order valence-electron chi connectivity index (χ0n) is 14.4. The molecule has 0 N–H and O–H groups in total. The van der Waals surface area contributed by atoms with Gasteiger partial charge in [-0.15, -0.1) is 0 Å². The number of hydrogen-bond acceptors (Lipinski definition) is 6. The van der Waals surface area contributed by atoms with Crippen molar-refractivity contribution in [3.8, 4) is 17.3 Å². The average molecular weight is 342 g/mol. The standard InChI is InChI=1S/C19H18O6/c1-10-8-13-15(9-11(10)2)25-17(14-6-5-7-23-14)18(16(13)20)24-12(3)19(21)22-4/h5-9,12H,1-4H3/t12-/m1/s1. The van der Waals surface area contributed by atoms with Gasteiger partial charge >= 0.3 is 5.97 Å². The maximum atomic E-state index is 13.0. The maximum Gasteiger partial charge on any atom is 0.346 e. The van der Waals surface area contributed by atoms with Crippen LogP contribution in [0, 0.1) is 13.8 Å². The molecule has 6 nitrogen and oxygen atoms in total. The molecule has 2 aromatic heterocycles. The first kappa shape index (κ1) is 16.8. The van der Waals surface area contributed by atoms with Crippen LogP contribution in [0.25, 0.3) is 22.5 Å². The number of esters is 1. The molecule has 0 saturated heterocycles. The number of hydrogen-bond donors (Lipinski definition) is 0. The third-order valence-corrected chi connectivity index (χ3v) is 4.04. The average Bonchev–Trinajstić information content (AvgIpc) is 3.12. The van der Waals surface area contributed by atoms with Crippen molar-refractivity contribution in [2.75, 3.05) is 7.11 Å². The molecule has 3 aromatic rings. The lowest BCUT2D eigenvalue weighted by Crippen LogP contribution is -2.27. The summed E-state index contributed by atoms with van der Waals surface area (Å²) in [7, 11) is 1.25. The van der Waals surface area contributed by atoms with E-state index in [0.717, 1.165) is 11.1 Å². The first-order chi connectivity index (χ1) is 11.9. The second-order valence-corrected chi connectivity index (χ2v) is 5.78. The molecule has 0 aliphatic carbocycles. The van der Waals surface area contributed by atoms with Crippen molar-refractivity contribution in [2.45, 2.75) is 26.9 Å². The Hall–Kier alpha value is -3.02. The predicted molar refractivity (Wildman–Crippen MR) is 91.8 cm³/mol. The highest BCUT2D eigenvalue weighted by Crippen LogP contribution is 2.32. The number of fused-ring (bicyclic) bond motifs is 1. The molecule has 0 amide bonds. The largest absolute Gasteiger partial charge is 0.471 e. The monoisotopic (exact) mass is 342 g/mol. The fourth-order valence-electron chi connectivity index (χ4n) is 2.50. The van der Waals surface area contributed by atoms with Gasteiger partial charge in [-0.3, -0.25) is 4.79 Å². The van der Waals surface area contributed by atoms with E-state index in [2.05, 4.69) is 4.74 Å². The lowest BCUT2D eigenvalue weighted by Gasteiger charge is -2.15. The Bertz CT molecular complexity index is 981. The quantitative estimate of drug-likeness (QED) is 0.674. The van der Waals surface area contributed by atoms with Gasteiger partial charge in [0.05, 0.1) is 18.8 Å². The third kappa shape index (κ3) is 3.03. The Morgan fingerprint density at radius 2 is 1.92 bits per heavy atom. The summed E-state index contributed by atoms with van der Waals surface area (Å²) >= 11 is 0. The minimum Gasteiger partial charge on any atom is -0.471 e. The molecule has 6 heteroatoms. The Morgan fingerprint density at radius 3 is 2.56 bits per heavy atom. The van der Waals surface area contributed by atoms with E-state index < -0.39 is 12.1 Å². The molecule has 1 aromatic carbocycles. The van der Waals surface area contributed by atoms with Crippen LogP contribution in [0.1, 0.15) is 18.1 Å². The summed E-state index contributed by atoms with van der Waals surface area (Å²) in [4.78, 5) is 24.7. The number of benzene rings is 1. The first-order valence-electron chi connectivity index (χ1n) is 7.78. The van der Waals surface area contributed by atoms with Crippen LogP contribution in [-0.2, 0) is 9.53 Å². The number of carbonyl (C=O) groups is 1. The minimum atomic E-state index is -0.967. The van der Waals surface area contributed by atoms with Crippen molar-refractivity contribution in [3.63, 3.8) is 0 Å². The summed E-state index contributed by atoms with van der Waals surface area (Å²) in [6, 6.07) is 6.87. The molecule has 0 unspecified atom stereocenters. The molecular weight excluding hydrogens is 324 g/mol. The summed E-state index contributed by atoms with van der Waals surface area (Å²) in [6.07, 6.45) is 0.499. The summed E-state index contributed by atoms with van der Waals surface area (Å²) in [5.74, 6) is -0.195. The smallest absolute Gasteiger partial charge is 0.346 e. The lowest BCUT2D eigenvalue weighted by atomic mass is 10.1. The molecule has 3 rings (SSSR count). The van der Waals surface area contributed by atoms with Crippen LogP contribution >= 0.6 is 0 Å². The highest BCUT2D eigenvalue weighted by atomic mass is 16.6. The van der Waals surface area contributed by atoms with Gasteiger partial charge in [0.2, 0.25) is 16.9 Å². The van der Waals surface area contributed by atoms with Gasteiger partial charge in [0.25, 0.3) is 0 Å². The minimum absolute atomic E-state index is 0.0800. The van der Waals surface area contributed by atoms with Gasteiger partial charge < -0.3 is 18.3 Å². The molecule has 0 aliphatic heterocycles. The molecule has 0 saturated carbocycles. The molecule has 2 heterocycles. The Morgan fingerprint density at radius 1 is 1.20 bits per heavy atom. The summed E-state index contributed by atoms with van der Waals surface area (Å²) < 4.78 is 21.5. The van der Waals surface area contributed by atoms with Crippen LogP contribution < -0.4 is 10.2 Å². The van der Waals surface area contributed by atoms with E-state index in [9.17, 15) is 9.59 Å². The molecule has 1 atom stereocenters. The van der Waals surface area contributed by atoms with E-state index in [4.69, 9.17) is 13.6 Å². The second-order valence-electron chi connectivity index (χ2n) is 5.78. The number of aryl methyl sites for hydroxylation is 2. The van der Waals surface area contributed by atoms with E-state index in [1.54, 1.807) is 24.3 Å². The molecule has 0 spiro atoms. The molecule has 0 fully saturated rings. The molecular formula is C19H18O6. The van der Waals surface area contributed by atoms with Crippen LogP contribution in [-0.4, -0.2) is 19.2 Å². The highest BCUT2D eigenvalue weighted by molar-refractivity contribution is 5.83. The van der Waals surface area contributed by atoms with Crippen molar-refractivity contribution < 1.29 is 23.1 Å². The van der Waals surface area contributed by atoms with E-state index in [0.29, 0.717) is 16.7 Å². The number of methoxy groups -OCH3 is 1. The van der Waals surface area contributed by atoms with Crippen LogP contribution in [0.2, 0.25) is 0 Å². The zero-order valence-corrected chi connectivity index (χ0v) is 14.4. The molecule has 25 heavy (non-hydrogen) atoms. The van der Waals surface area contributed by atoms with Gasteiger partial charge in [0.15, 0.2) is 11.9 Å². The fourth-order valence-corrected chi connectivity index (χ4v) is 2.50. The second kappa shape index (κ2) is 6.47.